The van der Waals surface area contributed by atoms with Gasteiger partial charge in [-0.2, -0.15) is 4.98 Å². The molecular weight excluding hydrogens is 401 g/mol. The number of hydrogen-bond acceptors (Lipinski definition) is 5. The van der Waals surface area contributed by atoms with Crippen molar-refractivity contribution in [2.45, 2.75) is 13.1 Å². The maximum Gasteiger partial charge on any atom is 0.332 e. The second kappa shape index (κ2) is 7.25. The summed E-state index contributed by atoms with van der Waals surface area (Å²) in [6.45, 7) is 0.242. The lowest BCUT2D eigenvalue weighted by Gasteiger charge is -2.12. The summed E-state index contributed by atoms with van der Waals surface area (Å²) in [6, 6.07) is 7.90. The SMILES string of the molecule is Cn1c(=O)c2c(nc(NCc3ccco3)n2Cc2c(F)cccc2Cl)n(C)c1=O. The van der Waals surface area contributed by atoms with Gasteiger partial charge < -0.3 is 9.73 Å². The van der Waals surface area contributed by atoms with Crippen molar-refractivity contribution in [2.75, 3.05) is 5.32 Å². The first kappa shape index (κ1) is 19.0. The quantitative estimate of drug-likeness (QED) is 0.539. The summed E-state index contributed by atoms with van der Waals surface area (Å²) in [6.07, 6.45) is 1.54. The summed E-state index contributed by atoms with van der Waals surface area (Å²) in [5.74, 6) is 0.432. The largest absolute Gasteiger partial charge is 0.467 e. The summed E-state index contributed by atoms with van der Waals surface area (Å²) >= 11 is 6.19. The van der Waals surface area contributed by atoms with E-state index in [2.05, 4.69) is 10.3 Å². The lowest BCUT2D eigenvalue weighted by molar-refractivity contribution is 0.517. The molecule has 0 aliphatic rings. The van der Waals surface area contributed by atoms with E-state index in [4.69, 9.17) is 16.0 Å². The first-order chi connectivity index (χ1) is 13.9. The Kier molecular flexibility index (Phi) is 4.75. The van der Waals surface area contributed by atoms with Crippen molar-refractivity contribution in [2.24, 2.45) is 14.1 Å². The van der Waals surface area contributed by atoms with Crippen molar-refractivity contribution in [3.8, 4) is 0 Å². The number of aromatic nitrogens is 4. The first-order valence-electron chi connectivity index (χ1n) is 8.74. The smallest absolute Gasteiger partial charge is 0.332 e. The summed E-state index contributed by atoms with van der Waals surface area (Å²) < 4.78 is 23.5. The number of fused-ring (bicyclic) bond motifs is 1. The summed E-state index contributed by atoms with van der Waals surface area (Å²) in [7, 11) is 2.90. The van der Waals surface area contributed by atoms with Crippen LogP contribution in [-0.2, 0) is 27.2 Å². The molecule has 4 aromatic rings. The number of rotatable bonds is 5. The Hall–Kier alpha value is -3.33. The second-order valence-electron chi connectivity index (χ2n) is 6.53. The number of hydrogen-bond donors (Lipinski definition) is 1. The number of aryl methyl sites for hydroxylation is 1. The van der Waals surface area contributed by atoms with Crippen LogP contribution in [0.25, 0.3) is 11.2 Å². The monoisotopic (exact) mass is 417 g/mol. The molecule has 0 spiro atoms. The minimum absolute atomic E-state index is 0.0457. The van der Waals surface area contributed by atoms with Crippen molar-refractivity contribution in [1.29, 1.82) is 0 Å². The molecule has 0 bridgehead atoms. The van der Waals surface area contributed by atoms with E-state index in [0.717, 1.165) is 4.57 Å². The topological polar surface area (TPSA) is 87.0 Å². The summed E-state index contributed by atoms with van der Waals surface area (Å²) in [5, 5.41) is 3.31. The number of imidazole rings is 1. The van der Waals surface area contributed by atoms with Crippen molar-refractivity contribution in [3.63, 3.8) is 0 Å². The van der Waals surface area contributed by atoms with Crippen molar-refractivity contribution in [3.05, 3.63) is 79.6 Å². The molecule has 0 aliphatic heterocycles. The van der Waals surface area contributed by atoms with Gasteiger partial charge in [-0.1, -0.05) is 17.7 Å². The fourth-order valence-corrected chi connectivity index (χ4v) is 3.38. The normalized spacial score (nSPS) is 11.3. The molecule has 0 fully saturated rings. The van der Waals surface area contributed by atoms with Crippen molar-refractivity contribution in [1.82, 2.24) is 18.7 Å². The third-order valence-corrected chi connectivity index (χ3v) is 5.08. The molecule has 29 heavy (non-hydrogen) atoms. The highest BCUT2D eigenvalue weighted by Gasteiger charge is 2.21. The molecule has 0 atom stereocenters. The maximum absolute atomic E-state index is 14.4. The van der Waals surface area contributed by atoms with Crippen LogP contribution < -0.4 is 16.6 Å². The van der Waals surface area contributed by atoms with Crippen LogP contribution in [0.5, 0.6) is 0 Å². The van der Waals surface area contributed by atoms with Gasteiger partial charge in [-0.25, -0.2) is 9.18 Å². The first-order valence-corrected chi connectivity index (χ1v) is 9.11. The number of benzene rings is 1. The summed E-state index contributed by atoms with van der Waals surface area (Å²) in [4.78, 5) is 29.6. The molecule has 0 saturated heterocycles. The van der Waals surface area contributed by atoms with Crippen LogP contribution in [0.3, 0.4) is 0 Å². The molecule has 0 amide bonds. The van der Waals surface area contributed by atoms with Crippen molar-refractivity contribution < 1.29 is 8.81 Å². The minimum Gasteiger partial charge on any atom is -0.467 e. The highest BCUT2D eigenvalue weighted by atomic mass is 35.5. The highest BCUT2D eigenvalue weighted by molar-refractivity contribution is 6.31. The van der Waals surface area contributed by atoms with E-state index in [9.17, 15) is 14.0 Å². The van der Waals surface area contributed by atoms with Gasteiger partial charge in [-0.15, -0.1) is 0 Å². The van der Waals surface area contributed by atoms with Gasteiger partial charge in [0.2, 0.25) is 5.95 Å². The van der Waals surface area contributed by atoms with E-state index in [1.807, 2.05) is 0 Å². The van der Waals surface area contributed by atoms with Gasteiger partial charge in [0.25, 0.3) is 5.56 Å². The molecule has 150 valence electrons. The number of anilines is 1. The van der Waals surface area contributed by atoms with Crippen LogP contribution in [0.15, 0.2) is 50.6 Å². The Morgan fingerprint density at radius 1 is 1.17 bits per heavy atom. The average molecular weight is 418 g/mol. The van der Waals surface area contributed by atoms with Gasteiger partial charge in [0.1, 0.15) is 11.6 Å². The van der Waals surface area contributed by atoms with Gasteiger partial charge in [-0.3, -0.25) is 18.5 Å². The molecular formula is C19H17ClFN5O3. The van der Waals surface area contributed by atoms with E-state index in [1.165, 1.54) is 35.4 Å². The molecule has 0 saturated carbocycles. The molecule has 3 aromatic heterocycles. The lowest BCUT2D eigenvalue weighted by Crippen LogP contribution is -2.37. The number of nitrogens with zero attached hydrogens (tertiary/aromatic N) is 4. The average Bonchev–Trinajstić information content (AvgIpc) is 3.34. The zero-order chi connectivity index (χ0) is 20.7. The van der Waals surface area contributed by atoms with Crippen molar-refractivity contribution >= 4 is 28.7 Å². The third kappa shape index (κ3) is 3.23. The minimum atomic E-state index is -0.533. The Morgan fingerprint density at radius 3 is 2.66 bits per heavy atom. The van der Waals surface area contributed by atoms with Gasteiger partial charge in [0.15, 0.2) is 11.2 Å². The molecule has 0 radical (unpaired) electrons. The lowest BCUT2D eigenvalue weighted by atomic mass is 10.2. The molecule has 1 N–H and O–H groups in total. The van der Waals surface area contributed by atoms with Gasteiger partial charge in [0.05, 0.1) is 19.4 Å². The number of halogens is 2. The zero-order valence-electron chi connectivity index (χ0n) is 15.6. The number of furan rings is 1. The molecule has 10 heteroatoms. The number of nitrogens with one attached hydrogen (secondary N) is 1. The third-order valence-electron chi connectivity index (χ3n) is 4.73. The van der Waals surface area contributed by atoms with Crippen LogP contribution in [0.2, 0.25) is 5.02 Å². The second-order valence-corrected chi connectivity index (χ2v) is 6.94. The van der Waals surface area contributed by atoms with Gasteiger partial charge in [-0.05, 0) is 24.3 Å². The van der Waals surface area contributed by atoms with E-state index in [1.54, 1.807) is 24.5 Å². The summed E-state index contributed by atoms with van der Waals surface area (Å²) in [5.41, 5.74) is -0.475. The standard InChI is InChI=1S/C19H17ClFN5O3/c1-24-16-15(17(27)25(2)19(24)28)26(10-12-13(20)6-3-7-14(12)21)18(23-16)22-9-11-5-4-8-29-11/h3-8H,9-10H2,1-2H3,(H,22,23). The van der Waals surface area contributed by atoms with Gasteiger partial charge >= 0.3 is 5.69 Å². The predicted octanol–water partition coefficient (Wildman–Crippen LogP) is 2.48. The van der Waals surface area contributed by atoms with E-state index >= 15 is 0 Å². The predicted molar refractivity (Wildman–Crippen MR) is 107 cm³/mol. The zero-order valence-corrected chi connectivity index (χ0v) is 16.4. The Morgan fingerprint density at radius 2 is 1.97 bits per heavy atom. The van der Waals surface area contributed by atoms with Gasteiger partial charge in [0, 0.05) is 24.7 Å². The van der Waals surface area contributed by atoms with E-state index in [0.29, 0.717) is 5.76 Å². The van der Waals surface area contributed by atoms with E-state index in [-0.39, 0.29) is 40.8 Å². The molecule has 8 nitrogen and oxygen atoms in total. The molecule has 3 heterocycles. The van der Waals surface area contributed by atoms with Crippen LogP contribution in [0.1, 0.15) is 11.3 Å². The maximum atomic E-state index is 14.4. The van der Waals surface area contributed by atoms with Crippen LogP contribution in [0, 0.1) is 5.82 Å². The van der Waals surface area contributed by atoms with E-state index < -0.39 is 17.1 Å². The molecule has 1 aromatic carbocycles. The molecule has 0 aliphatic carbocycles. The molecule has 4 rings (SSSR count). The fourth-order valence-electron chi connectivity index (χ4n) is 3.16. The highest BCUT2D eigenvalue weighted by Crippen LogP contribution is 2.24. The molecule has 0 unspecified atom stereocenters. The Balaban J connectivity index is 1.92. The van der Waals surface area contributed by atoms with Crippen LogP contribution >= 0.6 is 11.6 Å². The van der Waals surface area contributed by atoms with Crippen LogP contribution in [-0.4, -0.2) is 18.7 Å². The Bertz CT molecular complexity index is 1300. The van der Waals surface area contributed by atoms with Crippen LogP contribution in [0.4, 0.5) is 10.3 Å². The Labute approximate surface area is 168 Å². The fraction of sp³-hybridized carbons (Fsp3) is 0.211.